The van der Waals surface area contributed by atoms with E-state index in [-0.39, 0.29) is 25.0 Å². The highest BCUT2D eigenvalue weighted by atomic mass is 16.5. The molecule has 0 saturated carbocycles. The van der Waals surface area contributed by atoms with Crippen molar-refractivity contribution in [3.05, 3.63) is 22.8 Å². The van der Waals surface area contributed by atoms with Crippen LogP contribution in [0.4, 0.5) is 0 Å². The Balaban J connectivity index is 3.32. The molecule has 1 unspecified atom stereocenters. The van der Waals surface area contributed by atoms with Crippen LogP contribution in [0.1, 0.15) is 19.8 Å². The standard InChI is InChI=1S/C13H18O6/c1-8-5-9(11(15)16)6-13(12(17)18,3-4-19-2)10(8)7-14/h5,14H,3-4,6-7H2,1-2H3,(H,15,16)(H,17,18). The van der Waals surface area contributed by atoms with E-state index in [0.717, 1.165) is 0 Å². The molecule has 0 bridgehead atoms. The van der Waals surface area contributed by atoms with Crippen molar-refractivity contribution in [2.45, 2.75) is 19.8 Å². The van der Waals surface area contributed by atoms with Crippen molar-refractivity contribution < 1.29 is 29.6 Å². The monoisotopic (exact) mass is 270 g/mol. The number of allylic oxidation sites excluding steroid dienone is 2. The number of hydrogen-bond donors (Lipinski definition) is 3. The van der Waals surface area contributed by atoms with Gasteiger partial charge in [0.25, 0.3) is 0 Å². The third-order valence-electron chi connectivity index (χ3n) is 3.51. The summed E-state index contributed by atoms with van der Waals surface area (Å²) in [5.41, 5.74) is -0.531. The van der Waals surface area contributed by atoms with Crippen molar-refractivity contribution >= 4 is 11.9 Å². The van der Waals surface area contributed by atoms with Gasteiger partial charge in [0.1, 0.15) is 0 Å². The van der Waals surface area contributed by atoms with Gasteiger partial charge in [-0.05, 0) is 37.0 Å². The van der Waals surface area contributed by atoms with Gasteiger partial charge in [0.05, 0.1) is 12.0 Å². The van der Waals surface area contributed by atoms with E-state index in [1.54, 1.807) is 6.92 Å². The van der Waals surface area contributed by atoms with Gasteiger partial charge >= 0.3 is 11.9 Å². The lowest BCUT2D eigenvalue weighted by Crippen LogP contribution is -2.39. The quantitative estimate of drug-likeness (QED) is 0.660. The summed E-state index contributed by atoms with van der Waals surface area (Å²) in [7, 11) is 1.45. The number of methoxy groups -OCH3 is 1. The van der Waals surface area contributed by atoms with Gasteiger partial charge < -0.3 is 20.1 Å². The second-order valence-corrected chi connectivity index (χ2v) is 4.60. The second kappa shape index (κ2) is 5.99. The number of carbonyl (C=O) groups is 2. The van der Waals surface area contributed by atoms with Gasteiger partial charge in [-0.3, -0.25) is 4.79 Å². The Hall–Kier alpha value is -1.66. The van der Waals surface area contributed by atoms with Crippen molar-refractivity contribution in [2.24, 2.45) is 5.41 Å². The van der Waals surface area contributed by atoms with Crippen LogP contribution in [0.5, 0.6) is 0 Å². The van der Waals surface area contributed by atoms with Crippen LogP contribution in [-0.4, -0.2) is 47.6 Å². The number of hydrogen-bond acceptors (Lipinski definition) is 4. The molecule has 0 fully saturated rings. The summed E-state index contributed by atoms with van der Waals surface area (Å²) in [6.07, 6.45) is 1.40. The minimum atomic E-state index is -1.41. The largest absolute Gasteiger partial charge is 0.481 e. The summed E-state index contributed by atoms with van der Waals surface area (Å²) in [6.45, 7) is 1.37. The highest BCUT2D eigenvalue weighted by Crippen LogP contribution is 2.43. The normalized spacial score (nSPS) is 23.2. The van der Waals surface area contributed by atoms with Crippen LogP contribution in [0.15, 0.2) is 22.8 Å². The van der Waals surface area contributed by atoms with Crippen molar-refractivity contribution in [1.29, 1.82) is 0 Å². The zero-order chi connectivity index (χ0) is 14.6. The molecule has 6 heteroatoms. The molecule has 0 saturated heterocycles. The van der Waals surface area contributed by atoms with Crippen LogP contribution in [0.3, 0.4) is 0 Å². The lowest BCUT2D eigenvalue weighted by Gasteiger charge is -2.35. The van der Waals surface area contributed by atoms with Gasteiger partial charge in [-0.15, -0.1) is 0 Å². The summed E-state index contributed by atoms with van der Waals surface area (Å²) in [6, 6.07) is 0. The van der Waals surface area contributed by atoms with Crippen LogP contribution in [0.2, 0.25) is 0 Å². The molecule has 0 spiro atoms. The van der Waals surface area contributed by atoms with Crippen molar-refractivity contribution in [1.82, 2.24) is 0 Å². The Kier molecular flexibility index (Phi) is 4.85. The molecular formula is C13H18O6. The number of carboxylic acid groups (broad SMARTS) is 2. The molecule has 0 aromatic heterocycles. The molecule has 0 radical (unpaired) electrons. The first-order valence-corrected chi connectivity index (χ1v) is 5.86. The van der Waals surface area contributed by atoms with E-state index in [1.807, 2.05) is 0 Å². The molecule has 3 N–H and O–H groups in total. The lowest BCUT2D eigenvalue weighted by molar-refractivity contribution is -0.148. The highest BCUT2D eigenvalue weighted by Gasteiger charge is 2.45. The topological polar surface area (TPSA) is 104 Å². The maximum Gasteiger partial charge on any atom is 0.331 e. The number of aliphatic carboxylic acids is 2. The first-order chi connectivity index (χ1) is 8.89. The molecule has 1 atom stereocenters. The number of carboxylic acids is 2. The minimum absolute atomic E-state index is 0.0354. The zero-order valence-electron chi connectivity index (χ0n) is 11.0. The first kappa shape index (κ1) is 15.4. The van der Waals surface area contributed by atoms with Gasteiger partial charge in [0.15, 0.2) is 0 Å². The molecule has 1 rings (SSSR count). The average Bonchev–Trinajstić information content (AvgIpc) is 2.35. The first-order valence-electron chi connectivity index (χ1n) is 5.86. The molecule has 0 aromatic carbocycles. The second-order valence-electron chi connectivity index (χ2n) is 4.60. The molecular weight excluding hydrogens is 252 g/mol. The molecule has 0 aromatic rings. The predicted molar refractivity (Wildman–Crippen MR) is 66.7 cm³/mol. The van der Waals surface area contributed by atoms with E-state index in [4.69, 9.17) is 9.84 Å². The van der Waals surface area contributed by atoms with Gasteiger partial charge in [0.2, 0.25) is 0 Å². The van der Waals surface area contributed by atoms with Gasteiger partial charge in [-0.1, -0.05) is 0 Å². The van der Waals surface area contributed by atoms with Crippen LogP contribution in [0.25, 0.3) is 0 Å². The molecule has 106 valence electrons. The maximum absolute atomic E-state index is 11.6. The Morgan fingerprint density at radius 3 is 2.47 bits per heavy atom. The van der Waals surface area contributed by atoms with Crippen LogP contribution in [-0.2, 0) is 14.3 Å². The molecule has 19 heavy (non-hydrogen) atoms. The van der Waals surface area contributed by atoms with E-state index in [9.17, 15) is 19.8 Å². The Morgan fingerprint density at radius 1 is 1.42 bits per heavy atom. The van der Waals surface area contributed by atoms with Crippen LogP contribution >= 0.6 is 0 Å². The Labute approximate surface area is 111 Å². The minimum Gasteiger partial charge on any atom is -0.481 e. The molecule has 1 aliphatic rings. The Bertz CT molecular complexity index is 448. The van der Waals surface area contributed by atoms with E-state index in [2.05, 4.69) is 0 Å². The third kappa shape index (κ3) is 2.85. The van der Waals surface area contributed by atoms with Crippen LogP contribution in [0, 0.1) is 5.41 Å². The average molecular weight is 270 g/mol. The summed E-state index contributed by atoms with van der Waals surface area (Å²) in [5.74, 6) is -2.28. The summed E-state index contributed by atoms with van der Waals surface area (Å²) >= 11 is 0. The molecule has 0 amide bonds. The third-order valence-corrected chi connectivity index (χ3v) is 3.51. The summed E-state index contributed by atoms with van der Waals surface area (Å²) in [4.78, 5) is 22.7. The van der Waals surface area contributed by atoms with Gasteiger partial charge in [0, 0.05) is 19.3 Å². The van der Waals surface area contributed by atoms with E-state index in [1.165, 1.54) is 13.2 Å². The summed E-state index contributed by atoms with van der Waals surface area (Å²) in [5, 5.41) is 28.0. The van der Waals surface area contributed by atoms with Crippen LogP contribution < -0.4 is 0 Å². The van der Waals surface area contributed by atoms with E-state index in [0.29, 0.717) is 11.1 Å². The molecule has 0 heterocycles. The number of aliphatic hydroxyl groups is 1. The molecule has 1 aliphatic carbocycles. The fourth-order valence-electron chi connectivity index (χ4n) is 2.45. The number of aliphatic hydroxyl groups excluding tert-OH is 1. The van der Waals surface area contributed by atoms with Crippen molar-refractivity contribution in [2.75, 3.05) is 20.3 Å². The maximum atomic E-state index is 11.6. The highest BCUT2D eigenvalue weighted by molar-refractivity contribution is 5.91. The fraction of sp³-hybridized carbons (Fsp3) is 0.538. The van der Waals surface area contributed by atoms with E-state index < -0.39 is 24.0 Å². The van der Waals surface area contributed by atoms with Crippen molar-refractivity contribution in [3.63, 3.8) is 0 Å². The smallest absolute Gasteiger partial charge is 0.331 e. The van der Waals surface area contributed by atoms with Gasteiger partial charge in [-0.2, -0.15) is 0 Å². The SMILES string of the molecule is COCCC1(C(=O)O)CC(C(=O)O)=CC(C)=C1CO. The zero-order valence-corrected chi connectivity index (χ0v) is 11.0. The van der Waals surface area contributed by atoms with Crippen molar-refractivity contribution in [3.8, 4) is 0 Å². The molecule has 0 aliphatic heterocycles. The Morgan fingerprint density at radius 2 is 2.05 bits per heavy atom. The number of ether oxygens (including phenoxy) is 1. The van der Waals surface area contributed by atoms with E-state index >= 15 is 0 Å². The molecule has 6 nitrogen and oxygen atoms in total. The fourth-order valence-corrected chi connectivity index (χ4v) is 2.45. The van der Waals surface area contributed by atoms with Gasteiger partial charge in [-0.25, -0.2) is 4.79 Å². The lowest BCUT2D eigenvalue weighted by atomic mass is 9.68. The number of rotatable bonds is 6. The predicted octanol–water partition coefficient (Wildman–Crippen LogP) is 0.817. The summed E-state index contributed by atoms with van der Waals surface area (Å²) < 4.78 is 4.91.